The van der Waals surface area contributed by atoms with Gasteiger partial charge in [-0.25, -0.2) is 0 Å². The van der Waals surface area contributed by atoms with Crippen molar-refractivity contribution in [2.75, 3.05) is 13.2 Å². The van der Waals surface area contributed by atoms with Crippen molar-refractivity contribution in [1.29, 1.82) is 0 Å². The fourth-order valence-electron chi connectivity index (χ4n) is 2.70. The molecule has 1 atom stereocenters. The minimum atomic E-state index is 0.302. The van der Waals surface area contributed by atoms with Crippen LogP contribution < -0.4 is 5.32 Å². The van der Waals surface area contributed by atoms with E-state index in [1.165, 1.54) is 22.3 Å². The lowest BCUT2D eigenvalue weighted by molar-refractivity contribution is 0.219. The quantitative estimate of drug-likeness (QED) is 0.874. The highest BCUT2D eigenvalue weighted by Crippen LogP contribution is 2.31. The van der Waals surface area contributed by atoms with E-state index in [4.69, 9.17) is 4.74 Å². The Morgan fingerprint density at radius 2 is 2.00 bits per heavy atom. The molecule has 1 N–H and O–H groups in total. The predicted octanol–water partition coefficient (Wildman–Crippen LogP) is 3.65. The maximum Gasteiger partial charge on any atom is 0.0876 e. The largest absolute Gasteiger partial charge is 0.501 e. The minimum absolute atomic E-state index is 0.302. The monoisotopic (exact) mass is 245 g/mol. The molecule has 1 aromatic carbocycles. The van der Waals surface area contributed by atoms with Gasteiger partial charge in [0.2, 0.25) is 0 Å². The molecule has 98 valence electrons. The normalized spacial score (nSPS) is 16.9. The molecule has 0 aromatic heterocycles. The van der Waals surface area contributed by atoms with Crippen molar-refractivity contribution in [3.05, 3.63) is 46.7 Å². The van der Waals surface area contributed by atoms with E-state index in [0.717, 1.165) is 26.0 Å². The van der Waals surface area contributed by atoms with E-state index in [9.17, 15) is 0 Å². The molecule has 1 aromatic rings. The molecule has 0 radical (unpaired) electrons. The van der Waals surface area contributed by atoms with Gasteiger partial charge in [0, 0.05) is 0 Å². The molecule has 0 saturated carbocycles. The topological polar surface area (TPSA) is 21.3 Å². The first-order valence-electron chi connectivity index (χ1n) is 6.84. The maximum absolute atomic E-state index is 5.51. The lowest BCUT2D eigenvalue weighted by Crippen LogP contribution is -2.25. The second-order valence-corrected chi connectivity index (χ2v) is 4.96. The summed E-state index contributed by atoms with van der Waals surface area (Å²) in [4.78, 5) is 0. The number of hydrogen-bond donors (Lipinski definition) is 1. The highest BCUT2D eigenvalue weighted by atomic mass is 16.5. The molecule has 0 bridgehead atoms. The number of nitrogens with one attached hydrogen (secondary N) is 1. The SMILES string of the molecule is CCNC(C1=COCCC1)c1c(C)cccc1C. The van der Waals surface area contributed by atoms with Crippen LogP contribution in [0.5, 0.6) is 0 Å². The summed E-state index contributed by atoms with van der Waals surface area (Å²) in [5.41, 5.74) is 5.50. The molecular formula is C16H23NO. The summed E-state index contributed by atoms with van der Waals surface area (Å²) < 4.78 is 5.51. The average Bonchev–Trinajstić information content (AvgIpc) is 2.38. The average molecular weight is 245 g/mol. The van der Waals surface area contributed by atoms with Crippen LogP contribution in [-0.2, 0) is 4.74 Å². The van der Waals surface area contributed by atoms with Crippen LogP contribution in [0, 0.1) is 13.8 Å². The van der Waals surface area contributed by atoms with Gasteiger partial charge in [0.1, 0.15) is 0 Å². The van der Waals surface area contributed by atoms with Gasteiger partial charge in [-0.3, -0.25) is 0 Å². The zero-order valence-corrected chi connectivity index (χ0v) is 11.6. The van der Waals surface area contributed by atoms with E-state index in [1.807, 2.05) is 6.26 Å². The second-order valence-electron chi connectivity index (χ2n) is 4.96. The number of benzene rings is 1. The van der Waals surface area contributed by atoms with Crippen molar-refractivity contribution in [3.8, 4) is 0 Å². The van der Waals surface area contributed by atoms with E-state index < -0.39 is 0 Å². The third-order valence-corrected chi connectivity index (χ3v) is 3.57. The van der Waals surface area contributed by atoms with Gasteiger partial charge >= 0.3 is 0 Å². The van der Waals surface area contributed by atoms with Crippen LogP contribution in [-0.4, -0.2) is 13.2 Å². The minimum Gasteiger partial charge on any atom is -0.501 e. The van der Waals surface area contributed by atoms with Gasteiger partial charge in [-0.15, -0.1) is 0 Å². The third kappa shape index (κ3) is 2.75. The lowest BCUT2D eigenvalue weighted by Gasteiger charge is -2.27. The van der Waals surface area contributed by atoms with Crippen molar-refractivity contribution in [2.45, 2.75) is 39.7 Å². The number of likely N-dealkylation sites (N-methyl/N-ethyl adjacent to an activating group) is 1. The number of rotatable bonds is 4. The van der Waals surface area contributed by atoms with Gasteiger partial charge in [0.05, 0.1) is 18.9 Å². The van der Waals surface area contributed by atoms with E-state index in [0.29, 0.717) is 6.04 Å². The number of ether oxygens (including phenoxy) is 1. The molecule has 1 unspecified atom stereocenters. The van der Waals surface area contributed by atoms with Crippen LogP contribution in [0.1, 0.15) is 42.5 Å². The Morgan fingerprint density at radius 1 is 1.28 bits per heavy atom. The molecule has 2 heteroatoms. The van der Waals surface area contributed by atoms with Gasteiger partial charge in [-0.2, -0.15) is 0 Å². The van der Waals surface area contributed by atoms with Crippen molar-refractivity contribution >= 4 is 0 Å². The van der Waals surface area contributed by atoms with Crippen molar-refractivity contribution in [3.63, 3.8) is 0 Å². The third-order valence-electron chi connectivity index (χ3n) is 3.57. The Labute approximate surface area is 110 Å². The summed E-state index contributed by atoms with van der Waals surface area (Å²) in [7, 11) is 0. The summed E-state index contributed by atoms with van der Waals surface area (Å²) in [5.74, 6) is 0. The van der Waals surface area contributed by atoms with Gasteiger partial charge in [-0.1, -0.05) is 25.1 Å². The Hall–Kier alpha value is -1.28. The van der Waals surface area contributed by atoms with E-state index in [1.54, 1.807) is 0 Å². The van der Waals surface area contributed by atoms with Crippen LogP contribution >= 0.6 is 0 Å². The zero-order chi connectivity index (χ0) is 13.0. The Bertz CT molecular complexity index is 416. The van der Waals surface area contributed by atoms with Gasteiger partial charge in [0.15, 0.2) is 0 Å². The first-order valence-corrected chi connectivity index (χ1v) is 6.84. The Morgan fingerprint density at radius 3 is 2.56 bits per heavy atom. The van der Waals surface area contributed by atoms with Gasteiger partial charge < -0.3 is 10.1 Å². The predicted molar refractivity (Wildman–Crippen MR) is 75.6 cm³/mol. The molecule has 0 amide bonds. The van der Waals surface area contributed by atoms with Crippen LogP contribution in [0.15, 0.2) is 30.0 Å². The first kappa shape index (κ1) is 13.2. The highest BCUT2D eigenvalue weighted by molar-refractivity contribution is 5.40. The van der Waals surface area contributed by atoms with Gasteiger partial charge in [0.25, 0.3) is 0 Å². The summed E-state index contributed by atoms with van der Waals surface area (Å²) in [6, 6.07) is 6.81. The summed E-state index contributed by atoms with van der Waals surface area (Å²) in [5, 5.41) is 3.60. The fraction of sp³-hybridized carbons (Fsp3) is 0.500. The number of aryl methyl sites for hydroxylation is 2. The summed E-state index contributed by atoms with van der Waals surface area (Å²) in [6.07, 6.45) is 4.22. The smallest absolute Gasteiger partial charge is 0.0876 e. The van der Waals surface area contributed by atoms with Crippen LogP contribution in [0.3, 0.4) is 0 Å². The molecule has 2 nitrogen and oxygen atoms in total. The van der Waals surface area contributed by atoms with Crippen molar-refractivity contribution in [2.24, 2.45) is 0 Å². The second kappa shape index (κ2) is 6.05. The lowest BCUT2D eigenvalue weighted by atomic mass is 9.89. The number of hydrogen-bond acceptors (Lipinski definition) is 2. The molecule has 1 aliphatic rings. The summed E-state index contributed by atoms with van der Waals surface area (Å²) in [6.45, 7) is 8.36. The molecule has 1 aliphatic heterocycles. The first-order chi connectivity index (χ1) is 8.74. The Balaban J connectivity index is 2.37. The Kier molecular flexibility index (Phi) is 4.43. The summed E-state index contributed by atoms with van der Waals surface area (Å²) >= 11 is 0. The zero-order valence-electron chi connectivity index (χ0n) is 11.6. The van der Waals surface area contributed by atoms with Crippen LogP contribution in [0.2, 0.25) is 0 Å². The van der Waals surface area contributed by atoms with Crippen molar-refractivity contribution < 1.29 is 4.74 Å². The standard InChI is InChI=1S/C16H23NO/c1-4-17-16(14-9-6-10-18-11-14)15-12(2)7-5-8-13(15)3/h5,7-8,11,16-17H,4,6,9-10H2,1-3H3. The van der Waals surface area contributed by atoms with E-state index in [2.05, 4.69) is 44.3 Å². The molecule has 0 fully saturated rings. The van der Waals surface area contributed by atoms with E-state index >= 15 is 0 Å². The molecule has 0 aliphatic carbocycles. The van der Waals surface area contributed by atoms with Crippen LogP contribution in [0.4, 0.5) is 0 Å². The molecule has 1 heterocycles. The fourth-order valence-corrected chi connectivity index (χ4v) is 2.70. The molecular weight excluding hydrogens is 222 g/mol. The van der Waals surface area contributed by atoms with Crippen LogP contribution in [0.25, 0.3) is 0 Å². The molecule has 18 heavy (non-hydrogen) atoms. The highest BCUT2D eigenvalue weighted by Gasteiger charge is 2.21. The molecule has 0 saturated heterocycles. The molecule has 0 spiro atoms. The van der Waals surface area contributed by atoms with Crippen molar-refractivity contribution in [1.82, 2.24) is 5.32 Å². The van der Waals surface area contributed by atoms with Gasteiger partial charge in [-0.05, 0) is 55.5 Å². The molecule has 2 rings (SSSR count). The maximum atomic E-state index is 5.51. The van der Waals surface area contributed by atoms with E-state index in [-0.39, 0.29) is 0 Å².